The minimum Gasteiger partial charge on any atom is -0.456 e. The summed E-state index contributed by atoms with van der Waals surface area (Å²) in [6.45, 7) is 4.58. The van der Waals surface area contributed by atoms with Crippen LogP contribution in [0.15, 0.2) is 130 Å². The van der Waals surface area contributed by atoms with Crippen LogP contribution in [0.25, 0.3) is 88.6 Å². The Morgan fingerprint density at radius 3 is 2.11 bits per heavy atom. The molecule has 1 aliphatic rings. The second-order valence-electron chi connectivity index (χ2n) is 12.6. The molecule has 3 aromatic heterocycles. The summed E-state index contributed by atoms with van der Waals surface area (Å²) in [6, 6.07) is 42.3. The van der Waals surface area contributed by atoms with E-state index < -0.39 is 0 Å². The van der Waals surface area contributed by atoms with Gasteiger partial charge in [0.15, 0.2) is 5.82 Å². The smallest absolute Gasteiger partial charge is 0.231 e. The number of aromatic nitrogens is 2. The summed E-state index contributed by atoms with van der Waals surface area (Å²) in [4.78, 5) is 10.5. The van der Waals surface area contributed by atoms with Crippen LogP contribution in [0.1, 0.15) is 25.0 Å². The summed E-state index contributed by atoms with van der Waals surface area (Å²) in [7, 11) is 0. The molecule has 0 radical (unpaired) electrons. The first-order valence-corrected chi connectivity index (χ1v) is 15.3. The predicted molar refractivity (Wildman–Crippen MR) is 183 cm³/mol. The van der Waals surface area contributed by atoms with Gasteiger partial charge in [-0.05, 0) is 51.7 Å². The molecule has 9 aromatic rings. The van der Waals surface area contributed by atoms with E-state index >= 15 is 0 Å². The average Bonchev–Trinajstić information content (AvgIpc) is 3.71. The molecule has 1 aliphatic carbocycles. The first-order chi connectivity index (χ1) is 22.1. The Morgan fingerprint density at radius 2 is 1.24 bits per heavy atom. The molecular formula is C41H26N2O2. The van der Waals surface area contributed by atoms with E-state index in [-0.39, 0.29) is 5.41 Å². The molecule has 0 amide bonds. The molecule has 0 fully saturated rings. The summed E-state index contributed by atoms with van der Waals surface area (Å²) in [6.07, 6.45) is 0. The van der Waals surface area contributed by atoms with Gasteiger partial charge >= 0.3 is 0 Å². The van der Waals surface area contributed by atoms with Crippen molar-refractivity contribution < 1.29 is 8.83 Å². The number of fused-ring (bicyclic) bond motifs is 11. The van der Waals surface area contributed by atoms with Crippen LogP contribution in [-0.4, -0.2) is 9.97 Å². The molecular weight excluding hydrogens is 552 g/mol. The summed E-state index contributed by atoms with van der Waals surface area (Å²) >= 11 is 0. The highest BCUT2D eigenvalue weighted by Crippen LogP contribution is 2.55. The first-order valence-electron chi connectivity index (χ1n) is 15.3. The number of nitrogens with zero attached hydrogens (tertiary/aromatic N) is 2. The molecule has 0 spiro atoms. The highest BCUT2D eigenvalue weighted by atomic mass is 16.3. The van der Waals surface area contributed by atoms with Crippen LogP contribution >= 0.6 is 0 Å². The number of hydrogen-bond donors (Lipinski definition) is 0. The minimum absolute atomic E-state index is 0.357. The van der Waals surface area contributed by atoms with Crippen molar-refractivity contribution in [3.63, 3.8) is 0 Å². The summed E-state index contributed by atoms with van der Waals surface area (Å²) in [5.41, 5.74) is 10.6. The molecule has 6 aromatic carbocycles. The van der Waals surface area contributed by atoms with Gasteiger partial charge in [0.1, 0.15) is 16.7 Å². The van der Waals surface area contributed by atoms with E-state index in [1.54, 1.807) is 0 Å². The van der Waals surface area contributed by atoms with E-state index in [1.807, 2.05) is 30.3 Å². The van der Waals surface area contributed by atoms with Crippen molar-refractivity contribution in [3.8, 4) is 33.8 Å². The first kappa shape index (κ1) is 24.7. The molecule has 45 heavy (non-hydrogen) atoms. The van der Waals surface area contributed by atoms with Gasteiger partial charge in [-0.3, -0.25) is 0 Å². The fourth-order valence-corrected chi connectivity index (χ4v) is 7.68. The molecule has 212 valence electrons. The lowest BCUT2D eigenvalue weighted by Gasteiger charge is -2.24. The van der Waals surface area contributed by atoms with Crippen LogP contribution in [0, 0.1) is 0 Å². The Bertz CT molecular complexity index is 2690. The SMILES string of the molecule is CC1(C)c2c(-c3nc(-c4ccc5ccccc5c4)c4c(n3)oc3ccccc34)cccc2-c2ccc3c(oc4ccccc43)c21. The zero-order valence-corrected chi connectivity index (χ0v) is 24.8. The normalized spacial score (nSPS) is 13.7. The topological polar surface area (TPSA) is 52.1 Å². The number of benzene rings is 6. The third-order valence-corrected chi connectivity index (χ3v) is 9.65. The van der Waals surface area contributed by atoms with Crippen molar-refractivity contribution in [2.24, 2.45) is 0 Å². The van der Waals surface area contributed by atoms with Crippen molar-refractivity contribution in [3.05, 3.63) is 132 Å². The molecule has 0 saturated carbocycles. The monoisotopic (exact) mass is 578 g/mol. The van der Waals surface area contributed by atoms with Crippen LogP contribution in [0.3, 0.4) is 0 Å². The molecule has 4 heteroatoms. The van der Waals surface area contributed by atoms with E-state index in [0.717, 1.165) is 55.1 Å². The Hall–Kier alpha value is -5.74. The Balaban J connectivity index is 1.25. The number of rotatable bonds is 2. The maximum atomic E-state index is 6.56. The van der Waals surface area contributed by atoms with Crippen LogP contribution < -0.4 is 0 Å². The molecule has 0 saturated heterocycles. The van der Waals surface area contributed by atoms with Crippen LogP contribution in [0.5, 0.6) is 0 Å². The van der Waals surface area contributed by atoms with Gasteiger partial charge in [0, 0.05) is 38.3 Å². The van der Waals surface area contributed by atoms with Gasteiger partial charge in [-0.2, -0.15) is 4.98 Å². The highest BCUT2D eigenvalue weighted by molar-refractivity contribution is 6.12. The Morgan fingerprint density at radius 1 is 0.533 bits per heavy atom. The lowest BCUT2D eigenvalue weighted by atomic mass is 9.79. The molecule has 0 atom stereocenters. The van der Waals surface area contributed by atoms with E-state index in [1.165, 1.54) is 33.0 Å². The van der Waals surface area contributed by atoms with Gasteiger partial charge < -0.3 is 8.83 Å². The van der Waals surface area contributed by atoms with Gasteiger partial charge in [-0.1, -0.05) is 111 Å². The Kier molecular flexibility index (Phi) is 4.76. The Labute approximate surface area is 258 Å². The van der Waals surface area contributed by atoms with E-state index in [9.17, 15) is 0 Å². The van der Waals surface area contributed by atoms with E-state index in [0.29, 0.717) is 11.5 Å². The molecule has 10 rings (SSSR count). The van der Waals surface area contributed by atoms with Gasteiger partial charge in [-0.25, -0.2) is 4.98 Å². The summed E-state index contributed by atoms with van der Waals surface area (Å²) < 4.78 is 13.0. The lowest BCUT2D eigenvalue weighted by Crippen LogP contribution is -2.17. The number of furan rings is 2. The summed E-state index contributed by atoms with van der Waals surface area (Å²) in [5.74, 6) is 0.656. The van der Waals surface area contributed by atoms with Crippen molar-refractivity contribution in [1.82, 2.24) is 9.97 Å². The maximum absolute atomic E-state index is 6.56. The van der Waals surface area contributed by atoms with Gasteiger partial charge in [-0.15, -0.1) is 0 Å². The zero-order valence-electron chi connectivity index (χ0n) is 24.8. The second kappa shape index (κ2) is 8.67. The standard InChI is InChI=1S/C41H26N2O2/c1-41(2)35-27(28-20-21-29-26-12-5-7-16-32(26)44-38(29)36(28)41)14-9-15-31(35)39-42-37(25-19-18-23-10-3-4-11-24(23)22-25)34-30-13-6-8-17-33(30)45-40(34)43-39/h3-22H,1-2H3. The maximum Gasteiger partial charge on any atom is 0.231 e. The van der Waals surface area contributed by atoms with Crippen LogP contribution in [0.4, 0.5) is 0 Å². The third kappa shape index (κ3) is 3.31. The fraction of sp³-hybridized carbons (Fsp3) is 0.0732. The largest absolute Gasteiger partial charge is 0.456 e. The van der Waals surface area contributed by atoms with Gasteiger partial charge in [0.2, 0.25) is 5.71 Å². The fourth-order valence-electron chi connectivity index (χ4n) is 7.68. The van der Waals surface area contributed by atoms with Crippen LogP contribution in [-0.2, 0) is 5.41 Å². The van der Waals surface area contributed by atoms with Crippen molar-refractivity contribution in [2.45, 2.75) is 19.3 Å². The van der Waals surface area contributed by atoms with Crippen LogP contribution in [0.2, 0.25) is 0 Å². The highest BCUT2D eigenvalue weighted by Gasteiger charge is 2.41. The minimum atomic E-state index is -0.357. The van der Waals surface area contributed by atoms with Gasteiger partial charge in [0.25, 0.3) is 0 Å². The zero-order chi connectivity index (χ0) is 29.9. The number of para-hydroxylation sites is 2. The molecule has 0 N–H and O–H groups in total. The van der Waals surface area contributed by atoms with E-state index in [2.05, 4.69) is 105 Å². The molecule has 3 heterocycles. The van der Waals surface area contributed by atoms with E-state index in [4.69, 9.17) is 18.8 Å². The van der Waals surface area contributed by atoms with Crippen molar-refractivity contribution >= 4 is 54.8 Å². The molecule has 0 aliphatic heterocycles. The molecule has 4 nitrogen and oxygen atoms in total. The molecule has 0 bridgehead atoms. The van der Waals surface area contributed by atoms with Crippen molar-refractivity contribution in [2.75, 3.05) is 0 Å². The third-order valence-electron chi connectivity index (χ3n) is 9.65. The predicted octanol–water partition coefficient (Wildman–Crippen LogP) is 11.1. The second-order valence-corrected chi connectivity index (χ2v) is 12.6. The van der Waals surface area contributed by atoms with Gasteiger partial charge in [0.05, 0.1) is 11.1 Å². The van der Waals surface area contributed by atoms with Crippen molar-refractivity contribution in [1.29, 1.82) is 0 Å². The quantitative estimate of drug-likeness (QED) is 0.205. The summed E-state index contributed by atoms with van der Waals surface area (Å²) in [5, 5.41) is 6.60. The number of hydrogen-bond acceptors (Lipinski definition) is 4. The lowest BCUT2D eigenvalue weighted by molar-refractivity contribution is 0.620. The average molecular weight is 579 g/mol. The molecule has 0 unspecified atom stereocenters.